The first-order valence-corrected chi connectivity index (χ1v) is 8.81. The molecule has 3 rings (SSSR count). The molecule has 1 aliphatic rings. The van der Waals surface area contributed by atoms with Crippen molar-refractivity contribution in [2.24, 2.45) is 0 Å². The predicted molar refractivity (Wildman–Crippen MR) is 101 cm³/mol. The minimum atomic E-state index is -0.0547. The number of aryl methyl sites for hydroxylation is 2. The molecule has 0 bridgehead atoms. The lowest BCUT2D eigenvalue weighted by molar-refractivity contribution is 0.377. The van der Waals surface area contributed by atoms with Crippen LogP contribution in [-0.2, 0) is 19.4 Å². The van der Waals surface area contributed by atoms with Crippen LogP contribution in [-0.4, -0.2) is 26.6 Å². The molecular weight excluding hydrogens is 318 g/mol. The second kappa shape index (κ2) is 7.22. The summed E-state index contributed by atoms with van der Waals surface area (Å²) in [6.45, 7) is 3.69. The maximum atomic E-state index is 9.69. The fourth-order valence-electron chi connectivity index (χ4n) is 3.15. The van der Waals surface area contributed by atoms with Crippen molar-refractivity contribution in [2.75, 3.05) is 6.54 Å². The molecular formula is C20H23NO2S. The molecule has 0 aromatic heterocycles. The highest BCUT2D eigenvalue weighted by atomic mass is 32.1. The standard InChI is InChI=1S/C20H23NO2S/c1-14-5-7-15(8-6-14)3-2-4-20(24)21-10-9-16-11-18(22)19(23)12-17(16)13-21/h5-8,11-12,22-23H,2-4,9-10,13H2,1H3. The fourth-order valence-corrected chi connectivity index (χ4v) is 3.45. The van der Waals surface area contributed by atoms with Crippen LogP contribution < -0.4 is 0 Å². The summed E-state index contributed by atoms with van der Waals surface area (Å²) in [5.41, 5.74) is 4.80. The molecule has 0 aliphatic carbocycles. The van der Waals surface area contributed by atoms with Gasteiger partial charge < -0.3 is 15.1 Å². The first-order valence-electron chi connectivity index (χ1n) is 8.40. The lowest BCUT2D eigenvalue weighted by Crippen LogP contribution is -2.34. The van der Waals surface area contributed by atoms with Crippen LogP contribution in [0.5, 0.6) is 11.5 Å². The van der Waals surface area contributed by atoms with E-state index in [-0.39, 0.29) is 11.5 Å². The van der Waals surface area contributed by atoms with E-state index in [1.807, 2.05) is 0 Å². The Morgan fingerprint density at radius 3 is 2.46 bits per heavy atom. The van der Waals surface area contributed by atoms with Gasteiger partial charge in [-0.1, -0.05) is 42.0 Å². The van der Waals surface area contributed by atoms with Crippen LogP contribution in [0.4, 0.5) is 0 Å². The van der Waals surface area contributed by atoms with Crippen molar-refractivity contribution in [1.29, 1.82) is 0 Å². The van der Waals surface area contributed by atoms with Crippen LogP contribution >= 0.6 is 12.2 Å². The average molecular weight is 341 g/mol. The highest BCUT2D eigenvalue weighted by Gasteiger charge is 2.20. The van der Waals surface area contributed by atoms with Crippen molar-refractivity contribution in [3.63, 3.8) is 0 Å². The summed E-state index contributed by atoms with van der Waals surface area (Å²) in [6.07, 6.45) is 3.84. The molecule has 2 aromatic rings. The third kappa shape index (κ3) is 3.88. The second-order valence-electron chi connectivity index (χ2n) is 6.51. The fraction of sp³-hybridized carbons (Fsp3) is 0.350. The number of thiocarbonyl (C=S) groups is 1. The van der Waals surface area contributed by atoms with E-state index in [4.69, 9.17) is 12.2 Å². The van der Waals surface area contributed by atoms with E-state index in [0.29, 0.717) is 6.54 Å². The largest absolute Gasteiger partial charge is 0.504 e. The molecule has 2 aromatic carbocycles. The molecule has 0 saturated carbocycles. The molecule has 2 N–H and O–H groups in total. The normalized spacial score (nSPS) is 13.6. The van der Waals surface area contributed by atoms with Gasteiger partial charge >= 0.3 is 0 Å². The zero-order valence-electron chi connectivity index (χ0n) is 14.0. The van der Waals surface area contributed by atoms with E-state index < -0.39 is 0 Å². The summed E-state index contributed by atoms with van der Waals surface area (Å²) in [7, 11) is 0. The minimum Gasteiger partial charge on any atom is -0.504 e. The number of phenolic OH excluding ortho intramolecular Hbond substituents is 2. The van der Waals surface area contributed by atoms with Crippen molar-refractivity contribution >= 4 is 17.2 Å². The number of aromatic hydroxyl groups is 2. The lowest BCUT2D eigenvalue weighted by atomic mass is 9.98. The highest BCUT2D eigenvalue weighted by molar-refractivity contribution is 7.80. The van der Waals surface area contributed by atoms with Crippen LogP contribution in [0.3, 0.4) is 0 Å². The number of fused-ring (bicyclic) bond motifs is 1. The van der Waals surface area contributed by atoms with E-state index in [2.05, 4.69) is 36.1 Å². The van der Waals surface area contributed by atoms with Crippen molar-refractivity contribution in [3.8, 4) is 11.5 Å². The molecule has 1 aliphatic heterocycles. The van der Waals surface area contributed by atoms with Crippen LogP contribution in [0.15, 0.2) is 36.4 Å². The third-order valence-corrected chi connectivity index (χ3v) is 5.10. The van der Waals surface area contributed by atoms with Crippen LogP contribution in [0.1, 0.15) is 35.1 Å². The zero-order valence-corrected chi connectivity index (χ0v) is 14.8. The lowest BCUT2D eigenvalue weighted by Gasteiger charge is -2.31. The molecule has 0 amide bonds. The molecule has 0 fully saturated rings. The first kappa shape index (κ1) is 16.8. The number of phenols is 2. The van der Waals surface area contributed by atoms with E-state index >= 15 is 0 Å². The Hall–Kier alpha value is -2.07. The molecule has 0 atom stereocenters. The van der Waals surface area contributed by atoms with Gasteiger partial charge in [0.25, 0.3) is 0 Å². The van der Waals surface area contributed by atoms with E-state index in [1.165, 1.54) is 11.1 Å². The summed E-state index contributed by atoms with van der Waals surface area (Å²) < 4.78 is 0. The summed E-state index contributed by atoms with van der Waals surface area (Å²) in [5.74, 6) is -0.0937. The molecule has 3 nitrogen and oxygen atoms in total. The van der Waals surface area contributed by atoms with Gasteiger partial charge in [-0.25, -0.2) is 0 Å². The van der Waals surface area contributed by atoms with E-state index in [0.717, 1.165) is 48.3 Å². The highest BCUT2D eigenvalue weighted by Crippen LogP contribution is 2.31. The van der Waals surface area contributed by atoms with Crippen molar-refractivity contribution in [2.45, 2.75) is 39.2 Å². The monoisotopic (exact) mass is 341 g/mol. The summed E-state index contributed by atoms with van der Waals surface area (Å²) >= 11 is 5.61. The minimum absolute atomic E-state index is 0.0390. The third-order valence-electron chi connectivity index (χ3n) is 4.64. The number of nitrogens with zero attached hydrogens (tertiary/aromatic N) is 1. The summed E-state index contributed by atoms with van der Waals surface area (Å²) in [4.78, 5) is 3.20. The number of benzene rings is 2. The van der Waals surface area contributed by atoms with Gasteiger partial charge in [-0.3, -0.25) is 0 Å². The molecule has 0 spiro atoms. The Kier molecular flexibility index (Phi) is 5.05. The topological polar surface area (TPSA) is 43.7 Å². The van der Waals surface area contributed by atoms with Crippen LogP contribution in [0.2, 0.25) is 0 Å². The SMILES string of the molecule is Cc1ccc(CCCC(=S)N2CCc3cc(O)c(O)cc3C2)cc1. The number of hydrogen-bond donors (Lipinski definition) is 2. The Morgan fingerprint density at radius 1 is 1.08 bits per heavy atom. The predicted octanol–water partition coefficient (Wildman–Crippen LogP) is 4.11. The molecule has 4 heteroatoms. The Morgan fingerprint density at radius 2 is 1.75 bits per heavy atom. The molecule has 1 heterocycles. The zero-order chi connectivity index (χ0) is 17.1. The summed E-state index contributed by atoms with van der Waals surface area (Å²) in [5, 5.41) is 19.3. The molecule has 0 saturated heterocycles. The van der Waals surface area contributed by atoms with Gasteiger partial charge in [0.2, 0.25) is 0 Å². The average Bonchev–Trinajstić information content (AvgIpc) is 2.57. The van der Waals surface area contributed by atoms with Crippen LogP contribution in [0.25, 0.3) is 0 Å². The summed E-state index contributed by atoms with van der Waals surface area (Å²) in [6, 6.07) is 12.0. The second-order valence-corrected chi connectivity index (χ2v) is 6.99. The van der Waals surface area contributed by atoms with Gasteiger partial charge in [0, 0.05) is 13.1 Å². The molecule has 126 valence electrons. The quantitative estimate of drug-likeness (QED) is 0.649. The van der Waals surface area contributed by atoms with Gasteiger partial charge in [0.05, 0.1) is 4.99 Å². The first-order chi connectivity index (χ1) is 11.5. The molecule has 24 heavy (non-hydrogen) atoms. The smallest absolute Gasteiger partial charge is 0.157 e. The number of hydrogen-bond acceptors (Lipinski definition) is 3. The Bertz CT molecular complexity index is 740. The Labute approximate surface area is 148 Å². The van der Waals surface area contributed by atoms with Crippen LogP contribution in [0, 0.1) is 6.92 Å². The van der Waals surface area contributed by atoms with Gasteiger partial charge in [0.1, 0.15) is 0 Å². The maximum absolute atomic E-state index is 9.69. The van der Waals surface area contributed by atoms with Gasteiger partial charge in [-0.15, -0.1) is 0 Å². The molecule has 0 radical (unpaired) electrons. The van der Waals surface area contributed by atoms with Crippen molar-refractivity contribution in [1.82, 2.24) is 4.90 Å². The van der Waals surface area contributed by atoms with E-state index in [9.17, 15) is 10.2 Å². The Balaban J connectivity index is 1.54. The van der Waals surface area contributed by atoms with E-state index in [1.54, 1.807) is 12.1 Å². The number of rotatable bonds is 4. The molecule has 0 unspecified atom stereocenters. The maximum Gasteiger partial charge on any atom is 0.157 e. The van der Waals surface area contributed by atoms with Gasteiger partial charge in [0.15, 0.2) is 11.5 Å². The van der Waals surface area contributed by atoms with Crippen molar-refractivity contribution < 1.29 is 10.2 Å². The van der Waals surface area contributed by atoms with Gasteiger partial charge in [-0.2, -0.15) is 0 Å². The van der Waals surface area contributed by atoms with Gasteiger partial charge in [-0.05, 0) is 61.4 Å². The van der Waals surface area contributed by atoms with Crippen molar-refractivity contribution in [3.05, 3.63) is 58.7 Å².